The van der Waals surface area contributed by atoms with Gasteiger partial charge in [0.25, 0.3) is 5.91 Å². The molecule has 186 valence electrons. The minimum Gasteiger partial charge on any atom is -0.465 e. The number of rotatable bonds is 8. The highest BCUT2D eigenvalue weighted by atomic mass is 16.4. The fourth-order valence-corrected chi connectivity index (χ4v) is 4.57. The first kappa shape index (κ1) is 25.5. The van der Waals surface area contributed by atoms with Crippen LogP contribution in [0.4, 0.5) is 4.79 Å². The van der Waals surface area contributed by atoms with E-state index in [9.17, 15) is 29.4 Å². The van der Waals surface area contributed by atoms with E-state index in [1.54, 1.807) is 0 Å². The number of nitrogens with one attached hydrogen (secondary N) is 3. The zero-order valence-corrected chi connectivity index (χ0v) is 19.6. The highest BCUT2D eigenvalue weighted by Crippen LogP contribution is 2.34. The Bertz CT molecular complexity index is 906. The highest BCUT2D eigenvalue weighted by Gasteiger charge is 2.42. The number of likely N-dealkylation sites (tertiary alicyclic amines) is 1. The molecule has 2 saturated heterocycles. The standard InChI is InChI=1S/C24H34N4O6/c1-24(2)9-11-28(23(33)34)18(13-24)21(31)27-17(12-16-8-10-25-20(16)30)19(29)22(32)26-14-15-6-4-3-5-7-15/h3-7,16-19,29H,8-14H2,1-2H3,(H,25,30)(H,26,32)(H,27,31)(H,33,34)/t16-,17-,18-,19?/m0/s1. The minimum absolute atomic E-state index is 0.0701. The number of amides is 4. The number of nitrogens with zero attached hydrogens (tertiary/aromatic N) is 1. The molecule has 4 atom stereocenters. The van der Waals surface area contributed by atoms with E-state index in [1.807, 2.05) is 44.2 Å². The lowest BCUT2D eigenvalue weighted by Gasteiger charge is -2.41. The third-order valence-corrected chi connectivity index (χ3v) is 6.69. The normalized spacial score (nSPS) is 23.5. The van der Waals surface area contributed by atoms with Crippen LogP contribution in [0.5, 0.6) is 0 Å². The van der Waals surface area contributed by atoms with Gasteiger partial charge in [0.05, 0.1) is 6.04 Å². The lowest BCUT2D eigenvalue weighted by molar-refractivity contribution is -0.136. The number of aliphatic hydroxyl groups is 1. The van der Waals surface area contributed by atoms with Gasteiger partial charge in [-0.15, -0.1) is 0 Å². The Labute approximate surface area is 199 Å². The molecule has 1 aromatic rings. The third kappa shape index (κ3) is 6.47. The number of carbonyl (C=O) groups excluding carboxylic acids is 3. The van der Waals surface area contributed by atoms with Crippen molar-refractivity contribution in [3.8, 4) is 0 Å². The van der Waals surface area contributed by atoms with Gasteiger partial charge in [-0.25, -0.2) is 4.79 Å². The van der Waals surface area contributed by atoms with Crippen molar-refractivity contribution in [1.82, 2.24) is 20.9 Å². The third-order valence-electron chi connectivity index (χ3n) is 6.69. The first-order valence-corrected chi connectivity index (χ1v) is 11.6. The van der Waals surface area contributed by atoms with E-state index in [-0.39, 0.29) is 30.8 Å². The van der Waals surface area contributed by atoms with Crippen LogP contribution in [0.3, 0.4) is 0 Å². The van der Waals surface area contributed by atoms with E-state index in [0.717, 1.165) is 10.5 Å². The molecule has 2 aliphatic heterocycles. The van der Waals surface area contributed by atoms with Crippen LogP contribution in [0, 0.1) is 11.3 Å². The summed E-state index contributed by atoms with van der Waals surface area (Å²) in [5.41, 5.74) is 0.612. The average molecular weight is 475 g/mol. The van der Waals surface area contributed by atoms with Crippen molar-refractivity contribution >= 4 is 23.8 Å². The molecule has 10 nitrogen and oxygen atoms in total. The molecule has 0 spiro atoms. The summed E-state index contributed by atoms with van der Waals surface area (Å²) in [6.07, 6.45) is -1.25. The Morgan fingerprint density at radius 3 is 2.56 bits per heavy atom. The molecule has 5 N–H and O–H groups in total. The SMILES string of the molecule is CC1(C)CCN(C(=O)O)[C@H](C(=O)N[C@@H](C[C@@H]2CCNC2=O)C(O)C(=O)NCc2ccccc2)C1. The summed E-state index contributed by atoms with van der Waals surface area (Å²) in [7, 11) is 0. The molecule has 0 aliphatic carbocycles. The number of hydrogen-bond acceptors (Lipinski definition) is 5. The van der Waals surface area contributed by atoms with Crippen molar-refractivity contribution in [2.75, 3.05) is 13.1 Å². The Morgan fingerprint density at radius 1 is 1.24 bits per heavy atom. The van der Waals surface area contributed by atoms with E-state index in [1.165, 1.54) is 0 Å². The predicted octanol–water partition coefficient (Wildman–Crippen LogP) is 0.843. The molecular weight excluding hydrogens is 440 g/mol. The van der Waals surface area contributed by atoms with Crippen LogP contribution in [-0.4, -0.2) is 70.2 Å². The first-order chi connectivity index (χ1) is 16.1. The van der Waals surface area contributed by atoms with Gasteiger partial charge in [-0.05, 0) is 36.7 Å². The maximum Gasteiger partial charge on any atom is 0.407 e. The van der Waals surface area contributed by atoms with Gasteiger partial charge in [0.15, 0.2) is 6.10 Å². The number of carboxylic acid groups (broad SMARTS) is 1. The summed E-state index contributed by atoms with van der Waals surface area (Å²) in [6, 6.07) is 7.20. The summed E-state index contributed by atoms with van der Waals surface area (Å²) in [5.74, 6) is -1.90. The number of aliphatic hydroxyl groups excluding tert-OH is 1. The topological polar surface area (TPSA) is 148 Å². The molecule has 1 aromatic carbocycles. The smallest absolute Gasteiger partial charge is 0.407 e. The second kappa shape index (κ2) is 10.9. The van der Waals surface area contributed by atoms with E-state index in [4.69, 9.17) is 0 Å². The minimum atomic E-state index is -1.60. The molecule has 10 heteroatoms. The molecule has 0 aromatic heterocycles. The number of piperidine rings is 1. The van der Waals surface area contributed by atoms with Crippen LogP contribution in [-0.2, 0) is 20.9 Å². The summed E-state index contributed by atoms with van der Waals surface area (Å²) in [6.45, 7) is 4.85. The summed E-state index contributed by atoms with van der Waals surface area (Å²) in [5, 5.41) is 28.5. The van der Waals surface area contributed by atoms with Gasteiger partial charge >= 0.3 is 6.09 Å². The Balaban J connectivity index is 1.73. The lowest BCUT2D eigenvalue weighted by Crippen LogP contribution is -2.59. The van der Waals surface area contributed by atoms with Gasteiger partial charge in [0.2, 0.25) is 11.8 Å². The maximum atomic E-state index is 13.2. The first-order valence-electron chi connectivity index (χ1n) is 11.6. The van der Waals surface area contributed by atoms with Gasteiger partial charge in [0.1, 0.15) is 6.04 Å². The second-order valence-corrected chi connectivity index (χ2v) is 9.89. The van der Waals surface area contributed by atoms with E-state index in [0.29, 0.717) is 25.8 Å². The molecule has 0 saturated carbocycles. The molecule has 3 rings (SSSR count). The molecule has 0 radical (unpaired) electrons. The zero-order chi connectivity index (χ0) is 24.9. The van der Waals surface area contributed by atoms with E-state index < -0.39 is 42.0 Å². The molecule has 2 heterocycles. The van der Waals surface area contributed by atoms with Crippen LogP contribution in [0.2, 0.25) is 0 Å². The van der Waals surface area contributed by atoms with Gasteiger partial charge in [0, 0.05) is 25.6 Å². The monoisotopic (exact) mass is 474 g/mol. The molecule has 1 unspecified atom stereocenters. The molecular formula is C24H34N4O6. The molecule has 2 aliphatic rings. The van der Waals surface area contributed by atoms with Crippen molar-refractivity contribution < 1.29 is 29.4 Å². The lowest BCUT2D eigenvalue weighted by atomic mass is 9.78. The van der Waals surface area contributed by atoms with Crippen LogP contribution in [0.15, 0.2) is 30.3 Å². The largest absolute Gasteiger partial charge is 0.465 e. The van der Waals surface area contributed by atoms with E-state index >= 15 is 0 Å². The molecule has 34 heavy (non-hydrogen) atoms. The van der Waals surface area contributed by atoms with Crippen LogP contribution in [0.25, 0.3) is 0 Å². The number of benzene rings is 1. The molecule has 4 amide bonds. The fraction of sp³-hybridized carbons (Fsp3) is 0.583. The van der Waals surface area contributed by atoms with Crippen LogP contribution >= 0.6 is 0 Å². The quantitative estimate of drug-likeness (QED) is 0.377. The Hall–Kier alpha value is -3.14. The van der Waals surface area contributed by atoms with Crippen molar-refractivity contribution in [3.63, 3.8) is 0 Å². The molecule has 2 fully saturated rings. The predicted molar refractivity (Wildman–Crippen MR) is 123 cm³/mol. The van der Waals surface area contributed by atoms with Gasteiger partial charge < -0.3 is 26.2 Å². The maximum absolute atomic E-state index is 13.2. The van der Waals surface area contributed by atoms with Gasteiger partial charge in [-0.3, -0.25) is 19.3 Å². The Kier molecular flexibility index (Phi) is 8.14. The van der Waals surface area contributed by atoms with Crippen molar-refractivity contribution in [3.05, 3.63) is 35.9 Å². The van der Waals surface area contributed by atoms with Gasteiger partial charge in [-0.1, -0.05) is 44.2 Å². The highest BCUT2D eigenvalue weighted by molar-refractivity contribution is 5.88. The zero-order valence-electron chi connectivity index (χ0n) is 19.6. The van der Waals surface area contributed by atoms with Crippen LogP contribution in [0.1, 0.15) is 45.1 Å². The number of hydrogen-bond donors (Lipinski definition) is 5. The summed E-state index contributed by atoms with van der Waals surface area (Å²) in [4.78, 5) is 50.9. The average Bonchev–Trinajstić information content (AvgIpc) is 3.20. The van der Waals surface area contributed by atoms with Crippen LogP contribution < -0.4 is 16.0 Å². The number of carbonyl (C=O) groups is 4. The van der Waals surface area contributed by atoms with E-state index in [2.05, 4.69) is 16.0 Å². The van der Waals surface area contributed by atoms with Crippen molar-refractivity contribution in [1.29, 1.82) is 0 Å². The molecule has 0 bridgehead atoms. The summed E-state index contributed by atoms with van der Waals surface area (Å²) >= 11 is 0. The summed E-state index contributed by atoms with van der Waals surface area (Å²) < 4.78 is 0. The Morgan fingerprint density at radius 2 is 1.94 bits per heavy atom. The fourth-order valence-electron chi connectivity index (χ4n) is 4.57. The van der Waals surface area contributed by atoms with Crippen molar-refractivity contribution in [2.45, 2.75) is 64.3 Å². The van der Waals surface area contributed by atoms with Gasteiger partial charge in [-0.2, -0.15) is 0 Å². The van der Waals surface area contributed by atoms with Crippen molar-refractivity contribution in [2.24, 2.45) is 11.3 Å². The second-order valence-electron chi connectivity index (χ2n) is 9.89.